The lowest BCUT2D eigenvalue weighted by Gasteiger charge is -2.44. The summed E-state index contributed by atoms with van der Waals surface area (Å²) >= 11 is 0. The maximum absolute atomic E-state index is 6.68. The molecule has 2 aromatic heterocycles. The molecule has 6 nitrogen and oxygen atoms in total. The van der Waals surface area contributed by atoms with E-state index < -0.39 is 0 Å². The zero-order chi connectivity index (χ0) is 19.4. The SMILES string of the molecule is CC(C)(C)n1ncc2c1-c1ccccc1OC21CCN(c2ncccn2)CC1. The molecule has 0 atom stereocenters. The monoisotopic (exact) mass is 375 g/mol. The van der Waals surface area contributed by atoms with Crippen molar-refractivity contribution in [3.63, 3.8) is 0 Å². The van der Waals surface area contributed by atoms with Crippen molar-refractivity contribution in [1.82, 2.24) is 19.7 Å². The highest BCUT2D eigenvalue weighted by molar-refractivity contribution is 5.74. The number of fused-ring (bicyclic) bond motifs is 4. The molecule has 28 heavy (non-hydrogen) atoms. The number of ether oxygens (including phenoxy) is 1. The summed E-state index contributed by atoms with van der Waals surface area (Å²) in [5, 5.41) is 4.79. The lowest BCUT2D eigenvalue weighted by Crippen LogP contribution is -2.48. The van der Waals surface area contributed by atoms with E-state index in [1.54, 1.807) is 12.4 Å². The second kappa shape index (κ2) is 6.06. The third-order valence-corrected chi connectivity index (χ3v) is 5.75. The molecule has 1 saturated heterocycles. The fourth-order valence-corrected chi connectivity index (χ4v) is 4.36. The van der Waals surface area contributed by atoms with Crippen LogP contribution in [0.3, 0.4) is 0 Å². The van der Waals surface area contributed by atoms with Crippen LogP contribution in [0.4, 0.5) is 5.95 Å². The Balaban J connectivity index is 1.56. The van der Waals surface area contributed by atoms with E-state index in [-0.39, 0.29) is 11.1 Å². The summed E-state index contributed by atoms with van der Waals surface area (Å²) in [5.41, 5.74) is 3.08. The van der Waals surface area contributed by atoms with Crippen LogP contribution in [-0.2, 0) is 11.1 Å². The molecular weight excluding hydrogens is 350 g/mol. The van der Waals surface area contributed by atoms with Crippen LogP contribution in [0.1, 0.15) is 39.2 Å². The standard InChI is InChI=1S/C22H25N5O/c1-21(2,3)27-19-16-7-4-5-8-18(16)28-22(17(19)15-25-27)9-13-26(14-10-22)20-23-11-6-12-24-20/h4-8,11-12,15H,9-10,13-14H2,1-3H3. The largest absolute Gasteiger partial charge is 0.482 e. The van der Waals surface area contributed by atoms with E-state index in [0.717, 1.165) is 43.2 Å². The molecular formula is C22H25N5O. The first kappa shape index (κ1) is 17.2. The average Bonchev–Trinajstić information content (AvgIpc) is 3.17. The van der Waals surface area contributed by atoms with Crippen molar-refractivity contribution in [3.05, 3.63) is 54.5 Å². The first-order chi connectivity index (χ1) is 13.5. The summed E-state index contributed by atoms with van der Waals surface area (Å²) in [5.74, 6) is 1.74. The molecule has 0 N–H and O–H groups in total. The predicted molar refractivity (Wildman–Crippen MR) is 108 cm³/mol. The van der Waals surface area contributed by atoms with Crippen LogP contribution in [0, 0.1) is 0 Å². The molecule has 6 heteroatoms. The molecule has 0 aliphatic carbocycles. The molecule has 0 amide bonds. The molecule has 0 saturated carbocycles. The second-order valence-corrected chi connectivity index (χ2v) is 8.62. The van der Waals surface area contributed by atoms with Crippen LogP contribution in [0.2, 0.25) is 0 Å². The summed E-state index contributed by atoms with van der Waals surface area (Å²) in [7, 11) is 0. The molecule has 0 bridgehead atoms. The van der Waals surface area contributed by atoms with Crippen molar-refractivity contribution >= 4 is 5.95 Å². The molecule has 5 rings (SSSR count). The number of hydrogen-bond acceptors (Lipinski definition) is 5. The lowest BCUT2D eigenvalue weighted by molar-refractivity contribution is 0.0364. The van der Waals surface area contributed by atoms with Gasteiger partial charge in [-0.05, 0) is 39.0 Å². The Kier molecular flexibility index (Phi) is 3.73. The Labute approximate surface area is 165 Å². The maximum Gasteiger partial charge on any atom is 0.225 e. The van der Waals surface area contributed by atoms with Crippen LogP contribution in [0.5, 0.6) is 5.75 Å². The van der Waals surface area contributed by atoms with E-state index >= 15 is 0 Å². The third kappa shape index (κ3) is 2.58. The van der Waals surface area contributed by atoms with Gasteiger partial charge in [0.05, 0.1) is 17.4 Å². The third-order valence-electron chi connectivity index (χ3n) is 5.75. The first-order valence-electron chi connectivity index (χ1n) is 9.87. The minimum atomic E-state index is -0.349. The minimum Gasteiger partial charge on any atom is -0.482 e. The van der Waals surface area contributed by atoms with Gasteiger partial charge < -0.3 is 9.64 Å². The Morgan fingerprint density at radius 3 is 2.43 bits per heavy atom. The highest BCUT2D eigenvalue weighted by atomic mass is 16.5. The Morgan fingerprint density at radius 2 is 1.71 bits per heavy atom. The summed E-state index contributed by atoms with van der Waals surface area (Å²) in [6.45, 7) is 8.29. The van der Waals surface area contributed by atoms with E-state index in [9.17, 15) is 0 Å². The van der Waals surface area contributed by atoms with Gasteiger partial charge in [-0.1, -0.05) is 12.1 Å². The van der Waals surface area contributed by atoms with Crippen molar-refractivity contribution in [3.8, 4) is 17.0 Å². The highest BCUT2D eigenvalue weighted by Crippen LogP contribution is 2.50. The Hall–Kier alpha value is -2.89. The van der Waals surface area contributed by atoms with Gasteiger partial charge >= 0.3 is 0 Å². The van der Waals surface area contributed by atoms with Gasteiger partial charge in [-0.25, -0.2) is 9.97 Å². The van der Waals surface area contributed by atoms with Crippen LogP contribution in [-0.4, -0.2) is 32.8 Å². The Morgan fingerprint density at radius 1 is 1.00 bits per heavy atom. The van der Waals surface area contributed by atoms with E-state index in [2.05, 4.69) is 58.5 Å². The van der Waals surface area contributed by atoms with Crippen molar-refractivity contribution < 1.29 is 4.74 Å². The molecule has 4 heterocycles. The van der Waals surface area contributed by atoms with Crippen LogP contribution >= 0.6 is 0 Å². The number of piperidine rings is 1. The van der Waals surface area contributed by atoms with Crippen molar-refractivity contribution in [2.75, 3.05) is 18.0 Å². The number of nitrogens with zero attached hydrogens (tertiary/aromatic N) is 5. The van der Waals surface area contributed by atoms with Crippen molar-refractivity contribution in [2.24, 2.45) is 0 Å². The first-order valence-corrected chi connectivity index (χ1v) is 9.87. The Bertz CT molecular complexity index is 997. The molecule has 2 aliphatic rings. The van der Waals surface area contributed by atoms with Crippen molar-refractivity contribution in [2.45, 2.75) is 44.8 Å². The van der Waals surface area contributed by atoms with Gasteiger partial charge in [-0.3, -0.25) is 4.68 Å². The predicted octanol–water partition coefficient (Wildman–Crippen LogP) is 3.98. The molecule has 1 aromatic carbocycles. The van der Waals surface area contributed by atoms with Crippen LogP contribution < -0.4 is 9.64 Å². The summed E-state index contributed by atoms with van der Waals surface area (Å²) in [4.78, 5) is 11.1. The molecule has 0 radical (unpaired) electrons. The number of anilines is 1. The van der Waals surface area contributed by atoms with Gasteiger partial charge in [0, 0.05) is 49.5 Å². The highest BCUT2D eigenvalue weighted by Gasteiger charge is 2.46. The number of rotatable bonds is 1. The van der Waals surface area contributed by atoms with E-state index in [1.165, 1.54) is 11.3 Å². The number of aromatic nitrogens is 4. The quantitative estimate of drug-likeness (QED) is 0.644. The van der Waals surface area contributed by atoms with Gasteiger partial charge in [0.1, 0.15) is 11.4 Å². The number of para-hydroxylation sites is 1. The van der Waals surface area contributed by atoms with E-state index in [4.69, 9.17) is 9.84 Å². The van der Waals surface area contributed by atoms with Gasteiger partial charge in [0.2, 0.25) is 5.95 Å². The van der Waals surface area contributed by atoms with E-state index in [1.807, 2.05) is 18.3 Å². The maximum atomic E-state index is 6.68. The minimum absolute atomic E-state index is 0.0994. The van der Waals surface area contributed by atoms with Crippen molar-refractivity contribution in [1.29, 1.82) is 0 Å². The van der Waals surface area contributed by atoms with Gasteiger partial charge in [-0.15, -0.1) is 0 Å². The van der Waals surface area contributed by atoms with Crippen LogP contribution in [0.15, 0.2) is 48.9 Å². The number of benzene rings is 1. The zero-order valence-corrected chi connectivity index (χ0v) is 16.6. The fourth-order valence-electron chi connectivity index (χ4n) is 4.36. The smallest absolute Gasteiger partial charge is 0.225 e. The molecule has 144 valence electrons. The van der Waals surface area contributed by atoms with Gasteiger partial charge in [-0.2, -0.15) is 5.10 Å². The summed E-state index contributed by atoms with van der Waals surface area (Å²) < 4.78 is 8.83. The second-order valence-electron chi connectivity index (χ2n) is 8.62. The molecule has 1 fully saturated rings. The number of hydrogen-bond donors (Lipinski definition) is 0. The van der Waals surface area contributed by atoms with Gasteiger partial charge in [0.25, 0.3) is 0 Å². The van der Waals surface area contributed by atoms with Crippen LogP contribution in [0.25, 0.3) is 11.3 Å². The average molecular weight is 375 g/mol. The molecule has 1 spiro atoms. The molecule has 0 unspecified atom stereocenters. The van der Waals surface area contributed by atoms with Gasteiger partial charge in [0.15, 0.2) is 0 Å². The topological polar surface area (TPSA) is 56.1 Å². The summed E-state index contributed by atoms with van der Waals surface area (Å²) in [6, 6.07) is 10.2. The normalized spacial score (nSPS) is 17.8. The van der Waals surface area contributed by atoms with E-state index in [0.29, 0.717) is 0 Å². The lowest BCUT2D eigenvalue weighted by atomic mass is 9.81. The molecule has 2 aliphatic heterocycles. The zero-order valence-electron chi connectivity index (χ0n) is 16.6. The fraction of sp³-hybridized carbons (Fsp3) is 0.409. The summed E-state index contributed by atoms with van der Waals surface area (Å²) in [6.07, 6.45) is 7.37. The molecule has 3 aromatic rings.